The third-order valence-electron chi connectivity index (χ3n) is 3.85. The molecular formula is C19H15N5O. The molecule has 0 aliphatic rings. The van der Waals surface area contributed by atoms with Crippen LogP contribution in [0.2, 0.25) is 0 Å². The Hall–Kier alpha value is -3.67. The molecule has 25 heavy (non-hydrogen) atoms. The van der Waals surface area contributed by atoms with E-state index in [0.29, 0.717) is 11.5 Å². The third-order valence-corrected chi connectivity index (χ3v) is 3.85. The number of fused-ring (bicyclic) bond motifs is 1. The number of nitrogens with one attached hydrogen (secondary N) is 1. The van der Waals surface area contributed by atoms with Gasteiger partial charge < -0.3 is 11.1 Å². The average Bonchev–Trinajstić information content (AvgIpc) is 3.05. The summed E-state index contributed by atoms with van der Waals surface area (Å²) in [6.07, 6.45) is 0. The lowest BCUT2D eigenvalue weighted by Gasteiger charge is -2.04. The Kier molecular flexibility index (Phi) is 3.63. The molecule has 0 bridgehead atoms. The molecule has 0 unspecified atom stereocenters. The van der Waals surface area contributed by atoms with Crippen LogP contribution in [-0.4, -0.2) is 20.5 Å². The van der Waals surface area contributed by atoms with Crippen LogP contribution in [0.5, 0.6) is 0 Å². The van der Waals surface area contributed by atoms with Gasteiger partial charge in [-0.1, -0.05) is 36.4 Å². The number of para-hydroxylation sites is 1. The number of hydrogen-bond acceptors (Lipinski definition) is 4. The van der Waals surface area contributed by atoms with Crippen LogP contribution >= 0.6 is 0 Å². The van der Waals surface area contributed by atoms with Crippen molar-refractivity contribution in [3.63, 3.8) is 0 Å². The number of nitrogens with zero attached hydrogens (tertiary/aromatic N) is 3. The first-order valence-corrected chi connectivity index (χ1v) is 7.79. The van der Waals surface area contributed by atoms with Gasteiger partial charge in [0.05, 0.1) is 5.69 Å². The standard InChI is InChI=1S/C19H15N5O/c20-18(25)14-11-9-13(10-12-14)16-7-4-8-17-22-19(23-24(16)17)21-15-5-2-1-3-6-15/h1-12H,(H2,20,25)(H,21,23). The van der Waals surface area contributed by atoms with Crippen molar-refractivity contribution in [1.29, 1.82) is 0 Å². The van der Waals surface area contributed by atoms with E-state index in [-0.39, 0.29) is 0 Å². The fraction of sp³-hybridized carbons (Fsp3) is 0. The molecule has 0 aliphatic carbocycles. The zero-order valence-corrected chi connectivity index (χ0v) is 13.3. The highest BCUT2D eigenvalue weighted by atomic mass is 16.1. The number of carbonyl (C=O) groups excluding carboxylic acids is 1. The van der Waals surface area contributed by atoms with Gasteiger partial charge in [0, 0.05) is 16.8 Å². The van der Waals surface area contributed by atoms with E-state index in [1.54, 1.807) is 16.6 Å². The predicted molar refractivity (Wildman–Crippen MR) is 96.7 cm³/mol. The van der Waals surface area contributed by atoms with Crippen LogP contribution in [0.4, 0.5) is 11.6 Å². The Morgan fingerprint density at radius 3 is 2.40 bits per heavy atom. The summed E-state index contributed by atoms with van der Waals surface area (Å²) in [5.74, 6) is 0.0762. The minimum atomic E-state index is -0.445. The third kappa shape index (κ3) is 2.92. The summed E-state index contributed by atoms with van der Waals surface area (Å²) in [5, 5.41) is 7.74. The largest absolute Gasteiger partial charge is 0.366 e. The first-order valence-electron chi connectivity index (χ1n) is 7.79. The van der Waals surface area contributed by atoms with Crippen LogP contribution in [0, 0.1) is 0 Å². The van der Waals surface area contributed by atoms with E-state index >= 15 is 0 Å². The zero-order valence-electron chi connectivity index (χ0n) is 13.3. The first-order chi connectivity index (χ1) is 12.2. The Morgan fingerprint density at radius 1 is 0.920 bits per heavy atom. The van der Waals surface area contributed by atoms with Crippen molar-refractivity contribution in [1.82, 2.24) is 14.6 Å². The van der Waals surface area contributed by atoms with Gasteiger partial charge in [-0.25, -0.2) is 4.52 Å². The van der Waals surface area contributed by atoms with Crippen molar-refractivity contribution in [3.8, 4) is 11.3 Å². The smallest absolute Gasteiger partial charge is 0.248 e. The maximum atomic E-state index is 11.2. The van der Waals surface area contributed by atoms with Gasteiger partial charge in [-0.3, -0.25) is 4.79 Å². The number of pyridine rings is 1. The second kappa shape index (κ2) is 6.09. The van der Waals surface area contributed by atoms with Gasteiger partial charge in [0.1, 0.15) is 0 Å². The lowest BCUT2D eigenvalue weighted by molar-refractivity contribution is 0.100. The molecule has 3 N–H and O–H groups in total. The molecule has 122 valence electrons. The van der Waals surface area contributed by atoms with Gasteiger partial charge in [0.25, 0.3) is 0 Å². The van der Waals surface area contributed by atoms with Crippen molar-refractivity contribution < 1.29 is 4.79 Å². The van der Waals surface area contributed by atoms with E-state index in [1.807, 2.05) is 60.7 Å². The first kappa shape index (κ1) is 14.9. The Morgan fingerprint density at radius 2 is 1.68 bits per heavy atom. The highest BCUT2D eigenvalue weighted by molar-refractivity contribution is 5.93. The molecule has 2 aromatic heterocycles. The quantitative estimate of drug-likeness (QED) is 0.602. The molecule has 4 aromatic rings. The summed E-state index contributed by atoms with van der Waals surface area (Å²) < 4.78 is 1.77. The van der Waals surface area contributed by atoms with Crippen molar-refractivity contribution >= 4 is 23.2 Å². The van der Waals surface area contributed by atoms with Crippen LogP contribution in [0.25, 0.3) is 16.9 Å². The summed E-state index contributed by atoms with van der Waals surface area (Å²) in [5.41, 5.74) is 9.22. The maximum Gasteiger partial charge on any atom is 0.248 e. The number of aromatic nitrogens is 3. The number of primary amides is 1. The molecule has 0 spiro atoms. The molecule has 2 aromatic carbocycles. The Balaban J connectivity index is 1.73. The van der Waals surface area contributed by atoms with Crippen molar-refractivity contribution in [2.24, 2.45) is 5.73 Å². The molecular weight excluding hydrogens is 314 g/mol. The summed E-state index contributed by atoms with van der Waals surface area (Å²) in [4.78, 5) is 15.7. The molecule has 0 radical (unpaired) electrons. The van der Waals surface area contributed by atoms with Crippen LogP contribution in [0.3, 0.4) is 0 Å². The molecule has 6 heteroatoms. The highest BCUT2D eigenvalue weighted by Gasteiger charge is 2.09. The van der Waals surface area contributed by atoms with Crippen molar-refractivity contribution in [2.45, 2.75) is 0 Å². The number of rotatable bonds is 4. The monoisotopic (exact) mass is 329 g/mol. The molecule has 0 fully saturated rings. The maximum absolute atomic E-state index is 11.2. The topological polar surface area (TPSA) is 85.3 Å². The molecule has 4 rings (SSSR count). The SMILES string of the molecule is NC(=O)c1ccc(-c2cccc3nc(Nc4ccccc4)nn23)cc1. The van der Waals surface area contributed by atoms with Gasteiger partial charge in [0.15, 0.2) is 5.65 Å². The van der Waals surface area contributed by atoms with Crippen molar-refractivity contribution in [3.05, 3.63) is 78.4 Å². The van der Waals surface area contributed by atoms with Crippen LogP contribution in [0.15, 0.2) is 72.8 Å². The van der Waals surface area contributed by atoms with Gasteiger partial charge in [-0.15, -0.1) is 5.10 Å². The molecule has 2 heterocycles. The highest BCUT2D eigenvalue weighted by Crippen LogP contribution is 2.22. The fourth-order valence-electron chi connectivity index (χ4n) is 2.63. The Labute approximate surface area is 143 Å². The van der Waals surface area contributed by atoms with E-state index in [0.717, 1.165) is 22.6 Å². The van der Waals surface area contributed by atoms with Gasteiger partial charge in [-0.05, 0) is 36.4 Å². The fourth-order valence-corrected chi connectivity index (χ4v) is 2.63. The summed E-state index contributed by atoms with van der Waals surface area (Å²) in [6, 6.07) is 22.6. The van der Waals surface area contributed by atoms with E-state index in [9.17, 15) is 4.79 Å². The minimum Gasteiger partial charge on any atom is -0.366 e. The molecule has 6 nitrogen and oxygen atoms in total. The normalized spacial score (nSPS) is 10.7. The van der Waals surface area contributed by atoms with Crippen LogP contribution in [0.1, 0.15) is 10.4 Å². The zero-order chi connectivity index (χ0) is 17.2. The average molecular weight is 329 g/mol. The number of hydrogen-bond donors (Lipinski definition) is 2. The van der Waals surface area contributed by atoms with Gasteiger partial charge in [0.2, 0.25) is 11.9 Å². The van der Waals surface area contributed by atoms with Crippen LogP contribution in [-0.2, 0) is 0 Å². The van der Waals surface area contributed by atoms with Crippen molar-refractivity contribution in [2.75, 3.05) is 5.32 Å². The molecule has 0 aliphatic heterocycles. The molecule has 0 saturated carbocycles. The van der Waals surface area contributed by atoms with E-state index in [4.69, 9.17) is 5.73 Å². The van der Waals surface area contributed by atoms with E-state index in [1.165, 1.54) is 0 Å². The van der Waals surface area contributed by atoms with E-state index in [2.05, 4.69) is 15.4 Å². The number of amides is 1. The molecule has 0 atom stereocenters. The molecule has 0 saturated heterocycles. The van der Waals surface area contributed by atoms with E-state index < -0.39 is 5.91 Å². The predicted octanol–water partition coefficient (Wildman–Crippen LogP) is 3.24. The lowest BCUT2D eigenvalue weighted by atomic mass is 10.1. The number of anilines is 2. The summed E-state index contributed by atoms with van der Waals surface area (Å²) >= 11 is 0. The van der Waals surface area contributed by atoms with Gasteiger partial charge in [-0.2, -0.15) is 4.98 Å². The number of nitrogens with two attached hydrogens (primary N) is 1. The second-order valence-electron chi connectivity index (χ2n) is 5.55. The lowest BCUT2D eigenvalue weighted by Crippen LogP contribution is -2.10. The summed E-state index contributed by atoms with van der Waals surface area (Å²) in [7, 11) is 0. The van der Waals surface area contributed by atoms with Crippen LogP contribution < -0.4 is 11.1 Å². The minimum absolute atomic E-state index is 0.445. The number of carbonyl (C=O) groups is 1. The molecule has 1 amide bonds. The number of benzene rings is 2. The summed E-state index contributed by atoms with van der Waals surface area (Å²) in [6.45, 7) is 0. The second-order valence-corrected chi connectivity index (χ2v) is 5.55. The Bertz CT molecular complexity index is 1040. The van der Waals surface area contributed by atoms with Gasteiger partial charge >= 0.3 is 0 Å².